The molecule has 3 rings (SSSR count). The van der Waals surface area contributed by atoms with E-state index in [2.05, 4.69) is 10.4 Å². The van der Waals surface area contributed by atoms with E-state index in [0.29, 0.717) is 31.9 Å². The number of benzene rings is 1. The number of nitrogens with one attached hydrogen (secondary N) is 1. The summed E-state index contributed by atoms with van der Waals surface area (Å²) in [6.07, 6.45) is 1.60. The second-order valence-corrected chi connectivity index (χ2v) is 6.59. The highest BCUT2D eigenvalue weighted by atomic mass is 35.5. The minimum Gasteiger partial charge on any atom is -0.355 e. The predicted octanol–water partition coefficient (Wildman–Crippen LogP) is 1.53. The molecule has 1 aromatic heterocycles. The van der Waals surface area contributed by atoms with Crippen LogP contribution in [0.1, 0.15) is 29.0 Å². The second-order valence-electron chi connectivity index (χ2n) is 6.59. The molecule has 1 aliphatic heterocycles. The highest BCUT2D eigenvalue weighted by Gasteiger charge is 2.30. The van der Waals surface area contributed by atoms with Crippen molar-refractivity contribution in [1.29, 1.82) is 0 Å². The predicted molar refractivity (Wildman–Crippen MR) is 106 cm³/mol. The van der Waals surface area contributed by atoms with Gasteiger partial charge in [0.1, 0.15) is 0 Å². The molecule has 0 spiro atoms. The average molecular weight is 392 g/mol. The van der Waals surface area contributed by atoms with E-state index in [-0.39, 0.29) is 30.1 Å². The Kier molecular flexibility index (Phi) is 7.38. The average Bonchev–Trinajstić information content (AvgIpc) is 3.08. The third kappa shape index (κ3) is 4.87. The van der Waals surface area contributed by atoms with Gasteiger partial charge in [-0.3, -0.25) is 9.59 Å². The maximum Gasteiger partial charge on any atom is 0.274 e. The first-order chi connectivity index (χ1) is 12.6. The number of halogens is 1. The number of rotatable bonds is 5. The monoisotopic (exact) mass is 391 g/mol. The quantitative estimate of drug-likeness (QED) is 0.808. The lowest BCUT2D eigenvalue weighted by Gasteiger charge is -2.31. The van der Waals surface area contributed by atoms with E-state index in [1.54, 1.807) is 15.6 Å². The summed E-state index contributed by atoms with van der Waals surface area (Å²) in [6, 6.07) is 11.5. The zero-order valence-electron chi connectivity index (χ0n) is 15.4. The normalized spacial score (nSPS) is 16.5. The minimum absolute atomic E-state index is 0. The highest BCUT2D eigenvalue weighted by molar-refractivity contribution is 5.93. The van der Waals surface area contributed by atoms with E-state index in [1.807, 2.05) is 37.3 Å². The zero-order chi connectivity index (χ0) is 18.5. The van der Waals surface area contributed by atoms with Crippen LogP contribution in [0.5, 0.6) is 0 Å². The molecule has 146 valence electrons. The molecule has 2 aromatic rings. The molecule has 2 heterocycles. The first-order valence-corrected chi connectivity index (χ1v) is 8.99. The van der Waals surface area contributed by atoms with Crippen LogP contribution in [-0.4, -0.2) is 52.7 Å². The number of nitrogens with zero attached hydrogens (tertiary/aromatic N) is 3. The first-order valence-electron chi connectivity index (χ1n) is 8.99. The number of carbonyl (C=O) groups is 2. The molecule has 2 amide bonds. The Bertz CT molecular complexity index is 778. The van der Waals surface area contributed by atoms with Crippen LogP contribution < -0.4 is 11.1 Å². The smallest absolute Gasteiger partial charge is 0.274 e. The van der Waals surface area contributed by atoms with Crippen LogP contribution in [0.4, 0.5) is 0 Å². The van der Waals surface area contributed by atoms with Gasteiger partial charge in [0.05, 0.1) is 11.6 Å². The lowest BCUT2D eigenvalue weighted by molar-refractivity contribution is -0.126. The summed E-state index contributed by atoms with van der Waals surface area (Å²) in [6.45, 7) is 3.88. The number of hydrogen-bond acceptors (Lipinski definition) is 4. The van der Waals surface area contributed by atoms with Crippen molar-refractivity contribution in [3.8, 4) is 5.69 Å². The zero-order valence-corrected chi connectivity index (χ0v) is 16.2. The Balaban J connectivity index is 0.00000261. The Hall–Kier alpha value is -2.38. The van der Waals surface area contributed by atoms with Crippen LogP contribution in [0.15, 0.2) is 36.4 Å². The van der Waals surface area contributed by atoms with Gasteiger partial charge in [0, 0.05) is 31.9 Å². The molecule has 0 saturated carbocycles. The lowest BCUT2D eigenvalue weighted by Crippen LogP contribution is -2.46. The maximum atomic E-state index is 12.9. The van der Waals surface area contributed by atoms with Gasteiger partial charge in [0.25, 0.3) is 5.91 Å². The molecule has 27 heavy (non-hydrogen) atoms. The van der Waals surface area contributed by atoms with Crippen LogP contribution in [0.25, 0.3) is 5.69 Å². The van der Waals surface area contributed by atoms with E-state index in [4.69, 9.17) is 5.73 Å². The fourth-order valence-electron chi connectivity index (χ4n) is 3.29. The third-order valence-electron chi connectivity index (χ3n) is 4.63. The number of piperidine rings is 1. The van der Waals surface area contributed by atoms with Crippen molar-refractivity contribution in [3.05, 3.63) is 47.8 Å². The fourth-order valence-corrected chi connectivity index (χ4v) is 3.29. The van der Waals surface area contributed by atoms with Gasteiger partial charge < -0.3 is 16.0 Å². The molecule has 0 radical (unpaired) electrons. The van der Waals surface area contributed by atoms with Gasteiger partial charge in [-0.25, -0.2) is 4.68 Å². The molecule has 1 aromatic carbocycles. The number of hydrogen-bond donors (Lipinski definition) is 2. The van der Waals surface area contributed by atoms with Gasteiger partial charge in [0.15, 0.2) is 5.69 Å². The first kappa shape index (κ1) is 20.9. The summed E-state index contributed by atoms with van der Waals surface area (Å²) in [4.78, 5) is 26.8. The number of aromatic nitrogens is 2. The summed E-state index contributed by atoms with van der Waals surface area (Å²) in [5.41, 5.74) is 7.66. The molecule has 1 atom stereocenters. The third-order valence-corrected chi connectivity index (χ3v) is 4.63. The molecule has 0 aliphatic carbocycles. The summed E-state index contributed by atoms with van der Waals surface area (Å²) in [5, 5.41) is 7.30. The molecule has 8 heteroatoms. The van der Waals surface area contributed by atoms with Crippen molar-refractivity contribution >= 4 is 24.2 Å². The minimum atomic E-state index is -0.184. The largest absolute Gasteiger partial charge is 0.355 e. The van der Waals surface area contributed by atoms with Crippen molar-refractivity contribution in [1.82, 2.24) is 20.0 Å². The number of para-hydroxylation sites is 1. The van der Waals surface area contributed by atoms with Crippen LogP contribution in [0.2, 0.25) is 0 Å². The van der Waals surface area contributed by atoms with Crippen molar-refractivity contribution in [2.75, 3.05) is 26.2 Å². The number of aryl methyl sites for hydroxylation is 1. The highest BCUT2D eigenvalue weighted by Crippen LogP contribution is 2.20. The second kappa shape index (κ2) is 9.53. The van der Waals surface area contributed by atoms with Crippen LogP contribution in [-0.2, 0) is 4.79 Å². The molecule has 3 N–H and O–H groups in total. The summed E-state index contributed by atoms with van der Waals surface area (Å²) in [7, 11) is 0. The summed E-state index contributed by atoms with van der Waals surface area (Å²) in [5.74, 6) is -0.338. The molecule has 7 nitrogen and oxygen atoms in total. The lowest BCUT2D eigenvalue weighted by atomic mass is 9.97. The van der Waals surface area contributed by atoms with Crippen LogP contribution >= 0.6 is 12.4 Å². The Morgan fingerprint density at radius 3 is 2.74 bits per heavy atom. The van der Waals surface area contributed by atoms with Gasteiger partial charge in [-0.15, -0.1) is 12.4 Å². The van der Waals surface area contributed by atoms with Crippen molar-refractivity contribution in [3.63, 3.8) is 0 Å². The number of amides is 2. The Morgan fingerprint density at radius 1 is 1.30 bits per heavy atom. The number of nitrogens with two attached hydrogens (primary N) is 1. The van der Waals surface area contributed by atoms with Crippen molar-refractivity contribution in [2.45, 2.75) is 19.8 Å². The molecule has 1 fully saturated rings. The maximum absolute atomic E-state index is 12.9. The van der Waals surface area contributed by atoms with E-state index < -0.39 is 0 Å². The molecular formula is C19H26ClN5O2. The van der Waals surface area contributed by atoms with Gasteiger partial charge in [-0.05, 0) is 38.0 Å². The SMILES string of the molecule is Cc1cc(C(=O)N2CCCC(C(=O)NCCN)C2)nn1-c1ccccc1.Cl. The standard InChI is InChI=1S/C19H25N5O2.ClH/c1-14-12-17(22-24(14)16-7-3-2-4-8-16)19(26)23-11-5-6-15(13-23)18(25)21-10-9-20;/h2-4,7-8,12,15H,5-6,9-11,13,20H2,1H3,(H,21,25);1H. The van der Waals surface area contributed by atoms with Gasteiger partial charge in [-0.1, -0.05) is 18.2 Å². The van der Waals surface area contributed by atoms with Crippen molar-refractivity contribution < 1.29 is 9.59 Å². The van der Waals surface area contributed by atoms with Crippen molar-refractivity contribution in [2.24, 2.45) is 11.7 Å². The van der Waals surface area contributed by atoms with Crippen LogP contribution in [0.3, 0.4) is 0 Å². The van der Waals surface area contributed by atoms with E-state index >= 15 is 0 Å². The van der Waals surface area contributed by atoms with Gasteiger partial charge in [-0.2, -0.15) is 5.10 Å². The Labute approximate surface area is 165 Å². The van der Waals surface area contributed by atoms with E-state index in [1.165, 1.54) is 0 Å². The van der Waals surface area contributed by atoms with Gasteiger partial charge in [0.2, 0.25) is 5.91 Å². The molecule has 1 unspecified atom stereocenters. The molecule has 1 saturated heterocycles. The van der Waals surface area contributed by atoms with Gasteiger partial charge >= 0.3 is 0 Å². The van der Waals surface area contributed by atoms with E-state index in [0.717, 1.165) is 24.2 Å². The fraction of sp³-hybridized carbons (Fsp3) is 0.421. The molecule has 0 bridgehead atoms. The topological polar surface area (TPSA) is 93.2 Å². The molecule has 1 aliphatic rings. The van der Waals surface area contributed by atoms with Crippen LogP contribution in [0, 0.1) is 12.8 Å². The van der Waals surface area contributed by atoms with E-state index in [9.17, 15) is 9.59 Å². The molecular weight excluding hydrogens is 366 g/mol. The summed E-state index contributed by atoms with van der Waals surface area (Å²) < 4.78 is 1.77. The number of likely N-dealkylation sites (tertiary alicyclic amines) is 1. The summed E-state index contributed by atoms with van der Waals surface area (Å²) >= 11 is 0. The number of carbonyl (C=O) groups excluding carboxylic acids is 2. The Morgan fingerprint density at radius 2 is 2.04 bits per heavy atom.